The van der Waals surface area contributed by atoms with Gasteiger partial charge in [-0.15, -0.1) is 0 Å². The molecule has 546 valence electrons. The van der Waals surface area contributed by atoms with Crippen LogP contribution in [0, 0.1) is 13.8 Å². The Morgan fingerprint density at radius 1 is 0.343 bits per heavy atom. The highest BCUT2D eigenvalue weighted by Gasteiger charge is 2.22. The molecule has 4 aromatic heterocycles. The van der Waals surface area contributed by atoms with Gasteiger partial charge < -0.3 is 25.3 Å². The maximum Gasteiger partial charge on any atom is 0.261 e. The molecule has 105 heavy (non-hydrogen) atoms. The Kier molecular flexibility index (Phi) is 25.7. The van der Waals surface area contributed by atoms with Gasteiger partial charge in [-0.05, 0) is 186 Å². The maximum absolute atomic E-state index is 12.8. The number of sulfonamides is 4. The van der Waals surface area contributed by atoms with E-state index in [1.54, 1.807) is 97.1 Å². The number of aromatic nitrogens is 4. The third-order valence-corrected chi connectivity index (χ3v) is 21.3. The lowest BCUT2D eigenvalue weighted by Crippen LogP contribution is -2.16. The molecule has 0 aliphatic heterocycles. The molecular formula is C78H85N13O10S4. The van der Waals surface area contributed by atoms with Crippen molar-refractivity contribution < 1.29 is 43.3 Å². The van der Waals surface area contributed by atoms with Crippen molar-refractivity contribution in [1.29, 1.82) is 0 Å². The first-order valence-electron chi connectivity index (χ1n) is 33.1. The van der Waals surface area contributed by atoms with Crippen molar-refractivity contribution in [3.05, 3.63) is 263 Å². The van der Waals surface area contributed by atoms with Crippen LogP contribution in [0.2, 0.25) is 0 Å². The Morgan fingerprint density at radius 3 is 0.876 bits per heavy atom. The molecule has 23 nitrogen and oxygen atoms in total. The van der Waals surface area contributed by atoms with Crippen LogP contribution >= 0.6 is 0 Å². The predicted molar refractivity (Wildman–Crippen MR) is 418 cm³/mol. The quantitative estimate of drug-likeness (QED) is 0.0397. The minimum Gasteiger partial charge on any atom is -0.366 e. The van der Waals surface area contributed by atoms with E-state index < -0.39 is 46.0 Å². The lowest BCUT2D eigenvalue weighted by Gasteiger charge is -2.13. The van der Waals surface area contributed by atoms with E-state index in [4.69, 9.17) is 5.73 Å². The molecule has 0 saturated heterocycles. The number of anilines is 4. The third kappa shape index (κ3) is 21.7. The van der Waals surface area contributed by atoms with E-state index in [1.807, 2.05) is 175 Å². The van der Waals surface area contributed by atoms with Crippen molar-refractivity contribution >= 4 is 118 Å². The highest BCUT2D eigenvalue weighted by Crippen LogP contribution is 2.30. The molecule has 0 saturated carbocycles. The van der Waals surface area contributed by atoms with E-state index in [1.165, 1.54) is 43.3 Å². The number of rotatable bonds is 23. The lowest BCUT2D eigenvalue weighted by molar-refractivity contribution is -0.116. The average Bonchev–Trinajstić information content (AvgIpc) is 0.809. The molecule has 6 N–H and O–H groups in total. The molecule has 0 aliphatic rings. The first kappa shape index (κ1) is 78.5. The van der Waals surface area contributed by atoms with Crippen molar-refractivity contribution in [1.82, 2.24) is 39.5 Å². The molecule has 1 amide bonds. The van der Waals surface area contributed by atoms with Gasteiger partial charge in [0.05, 0.1) is 87.2 Å². The van der Waals surface area contributed by atoms with E-state index in [2.05, 4.69) is 38.8 Å². The topological polar surface area (TPSA) is 309 Å². The van der Waals surface area contributed by atoms with Gasteiger partial charge in [-0.3, -0.25) is 28.5 Å². The Bertz CT molecular complexity index is 5430. The summed E-state index contributed by atoms with van der Waals surface area (Å²) in [4.78, 5) is 49.7. The number of carbonyl (C=O) groups excluding carboxylic acids is 2. The average molecular weight is 1490 g/mol. The molecule has 8 aromatic carbocycles. The van der Waals surface area contributed by atoms with E-state index in [9.17, 15) is 43.3 Å². The van der Waals surface area contributed by atoms with E-state index >= 15 is 0 Å². The summed E-state index contributed by atoms with van der Waals surface area (Å²) >= 11 is 0. The van der Waals surface area contributed by atoms with Crippen LogP contribution in [0.1, 0.15) is 56.7 Å². The second kappa shape index (κ2) is 34.3. The number of nitrogens with zero attached hydrogens (tertiary/aromatic N) is 8. The molecule has 0 fully saturated rings. The number of benzene rings is 8. The van der Waals surface area contributed by atoms with E-state index in [0.29, 0.717) is 71.0 Å². The van der Waals surface area contributed by atoms with Crippen molar-refractivity contribution in [3.63, 3.8) is 0 Å². The summed E-state index contributed by atoms with van der Waals surface area (Å²) in [6.45, 7) is 8.02. The second-order valence-electron chi connectivity index (χ2n) is 26.1. The first-order valence-corrected chi connectivity index (χ1v) is 39.0. The van der Waals surface area contributed by atoms with Crippen LogP contribution < -0.4 is 24.6 Å². The number of amides is 1. The highest BCUT2D eigenvalue weighted by molar-refractivity contribution is 7.93. The van der Waals surface area contributed by atoms with Crippen LogP contribution in [-0.2, 0) is 77.5 Å². The SMILES string of the molecule is CC(=O)Cc1ccc(S(=O)(=O)Nc2cccc3ccc(CN(C)C)nc23)cc1.CN(C)Cc1ccc2cccc(NS(=O)(=O)c3cccc(C(N)=O)c3)c2n1.Cc1ccc(S(=O)(=O)Nc2cccc3ccc(CN(C)C)nc23)cc1.Cc1ccc(S(=O)(=O)Nc2cccc3ccc(CN(C)C)nc23)cc1. The smallest absolute Gasteiger partial charge is 0.261 e. The van der Waals surface area contributed by atoms with Gasteiger partial charge in [0.25, 0.3) is 40.1 Å². The van der Waals surface area contributed by atoms with Gasteiger partial charge in [0.1, 0.15) is 5.78 Å². The molecule has 0 atom stereocenters. The van der Waals surface area contributed by atoms with E-state index in [0.717, 1.165) is 61.0 Å². The number of aryl methyl sites for hydroxylation is 2. The van der Waals surface area contributed by atoms with E-state index in [-0.39, 0.29) is 37.3 Å². The van der Waals surface area contributed by atoms with Crippen LogP contribution in [0.5, 0.6) is 0 Å². The Morgan fingerprint density at radius 2 is 0.610 bits per heavy atom. The predicted octanol–water partition coefficient (Wildman–Crippen LogP) is 12.2. The van der Waals surface area contributed by atoms with Gasteiger partial charge >= 0.3 is 0 Å². The number of hydrogen-bond donors (Lipinski definition) is 5. The molecule has 12 aromatic rings. The minimum absolute atomic E-state index is 0.0316. The van der Waals surface area contributed by atoms with Crippen LogP contribution in [0.15, 0.2) is 238 Å². The first-order chi connectivity index (χ1) is 49.7. The van der Waals surface area contributed by atoms with Crippen LogP contribution in [0.4, 0.5) is 22.7 Å². The largest absolute Gasteiger partial charge is 0.366 e. The van der Waals surface area contributed by atoms with Gasteiger partial charge in [0, 0.05) is 59.7 Å². The number of nitrogens with two attached hydrogens (primary N) is 1. The Labute approximate surface area is 614 Å². The highest BCUT2D eigenvalue weighted by atomic mass is 32.2. The van der Waals surface area contributed by atoms with Crippen LogP contribution in [-0.4, -0.2) is 141 Å². The summed E-state index contributed by atoms with van der Waals surface area (Å²) in [7, 11) is 0.671. The zero-order chi connectivity index (χ0) is 76.0. The number of ketones is 1. The lowest BCUT2D eigenvalue weighted by atomic mass is 10.1. The molecule has 12 rings (SSSR count). The molecule has 0 radical (unpaired) electrons. The minimum atomic E-state index is -3.90. The number of carbonyl (C=O) groups is 2. The van der Waals surface area contributed by atoms with Gasteiger partial charge in [0.15, 0.2) is 0 Å². The number of pyridine rings is 4. The van der Waals surface area contributed by atoms with Gasteiger partial charge in [-0.1, -0.05) is 126 Å². The fourth-order valence-electron chi connectivity index (χ4n) is 10.9. The number of Topliss-reactive ketones (excluding diaryl/α,β-unsaturated/α-hetero) is 1. The number of primary amides is 1. The maximum atomic E-state index is 12.8. The fraction of sp³-hybridized carbons (Fsp3) is 0.205. The van der Waals surface area contributed by atoms with Crippen molar-refractivity contribution in [3.8, 4) is 0 Å². The Hall–Kier alpha value is -10.6. The summed E-state index contributed by atoms with van der Waals surface area (Å²) in [6.07, 6.45) is 0.287. The monoisotopic (exact) mass is 1490 g/mol. The van der Waals surface area contributed by atoms with Crippen molar-refractivity contribution in [2.24, 2.45) is 5.73 Å². The zero-order valence-corrected chi connectivity index (χ0v) is 63.5. The summed E-state index contributed by atoms with van der Waals surface area (Å²) < 4.78 is 112. The van der Waals surface area contributed by atoms with Gasteiger partial charge in [-0.25, -0.2) is 53.6 Å². The number of hydrogen-bond acceptors (Lipinski definition) is 18. The van der Waals surface area contributed by atoms with Crippen molar-refractivity contribution in [2.75, 3.05) is 75.3 Å². The molecule has 4 heterocycles. The summed E-state index contributed by atoms with van der Waals surface area (Å²) in [5.41, 5.74) is 15.9. The number of nitrogens with one attached hydrogen (secondary N) is 4. The molecule has 0 aliphatic carbocycles. The third-order valence-electron chi connectivity index (χ3n) is 15.8. The second-order valence-corrected chi connectivity index (χ2v) is 32.9. The summed E-state index contributed by atoms with van der Waals surface area (Å²) in [5.74, 6) is -0.656. The normalized spacial score (nSPS) is 11.8. The Balaban J connectivity index is 0.000000162. The van der Waals surface area contributed by atoms with Crippen LogP contribution in [0.25, 0.3) is 43.6 Å². The molecule has 0 bridgehead atoms. The molecule has 27 heteroatoms. The summed E-state index contributed by atoms with van der Waals surface area (Å²) in [5, 5.41) is 3.47. The molecular weight excluding hydrogens is 1410 g/mol. The van der Waals surface area contributed by atoms with Crippen LogP contribution in [0.3, 0.4) is 0 Å². The van der Waals surface area contributed by atoms with Crippen molar-refractivity contribution in [2.45, 2.75) is 73.0 Å². The molecule has 0 spiro atoms. The van der Waals surface area contributed by atoms with Gasteiger partial charge in [0.2, 0.25) is 5.91 Å². The standard InChI is InChI=1S/C21H23N3O3S.C19H20N4O3S.2C19H21N3O2S/c1-15(25)13-16-7-11-19(12-8-16)28(26,27)23-20-6-4-5-17-9-10-18(14-24(2)3)22-21(17)20;1-23(2)12-15-10-9-13-5-4-8-17(18(13)21-15)22-27(25,26)16-7-3-6-14(11-16)19(20)24;2*1-14-7-11-17(12-8-14)25(23,24)21-18-6-4-5-15-9-10-16(13-22(2)3)20-19(15)18/h4-12,23H,13-14H2,1-3H3;3-11,22H,12H2,1-2H3,(H2,20,24);2*4-12,21H,13H2,1-3H3. The zero-order valence-electron chi connectivity index (χ0n) is 60.2. The summed E-state index contributed by atoms with van der Waals surface area (Å²) in [6, 6.07) is 62.7. The number of para-hydroxylation sites is 4. The molecule has 0 unspecified atom stereocenters. The fourth-order valence-corrected chi connectivity index (χ4v) is 15.2. The number of fused-ring (bicyclic) bond motifs is 4. The van der Waals surface area contributed by atoms with Gasteiger partial charge in [-0.2, -0.15) is 0 Å².